The Morgan fingerprint density at radius 2 is 2.18 bits per heavy atom. The molecule has 0 fully saturated rings. The maximum absolute atomic E-state index is 11.6. The average molecular weight is 295 g/mol. The Bertz CT molecular complexity index is 700. The molecule has 114 valence electrons. The highest BCUT2D eigenvalue weighted by atomic mass is 16.5. The van der Waals surface area contributed by atoms with Gasteiger partial charge in [0.1, 0.15) is 0 Å². The zero-order valence-corrected chi connectivity index (χ0v) is 12.9. The molecule has 0 N–H and O–H groups in total. The third-order valence-electron chi connectivity index (χ3n) is 4.28. The number of nitrogens with zero attached hydrogens (tertiary/aromatic N) is 1. The molecule has 1 aliphatic rings. The van der Waals surface area contributed by atoms with Crippen LogP contribution < -0.4 is 0 Å². The van der Waals surface area contributed by atoms with Crippen LogP contribution in [0.1, 0.15) is 38.2 Å². The fraction of sp³-hybridized carbons (Fsp3) is 0.368. The van der Waals surface area contributed by atoms with Gasteiger partial charge >= 0.3 is 5.97 Å². The lowest BCUT2D eigenvalue weighted by atomic mass is 9.84. The fourth-order valence-electron chi connectivity index (χ4n) is 3.15. The average Bonchev–Trinajstić information content (AvgIpc) is 2.55. The molecule has 2 aromatic rings. The van der Waals surface area contributed by atoms with Gasteiger partial charge in [-0.2, -0.15) is 0 Å². The Kier molecular flexibility index (Phi) is 4.52. The molecule has 3 rings (SSSR count). The van der Waals surface area contributed by atoms with E-state index in [1.807, 2.05) is 25.3 Å². The number of carbonyl (C=O) groups is 1. The smallest absolute Gasteiger partial charge is 0.306 e. The van der Waals surface area contributed by atoms with Gasteiger partial charge in [-0.15, -0.1) is 0 Å². The van der Waals surface area contributed by atoms with Gasteiger partial charge in [0.05, 0.1) is 12.1 Å². The van der Waals surface area contributed by atoms with Crippen molar-refractivity contribution in [2.45, 2.75) is 32.6 Å². The number of para-hydroxylation sites is 1. The number of pyridine rings is 1. The zero-order valence-electron chi connectivity index (χ0n) is 12.9. The van der Waals surface area contributed by atoms with Gasteiger partial charge in [0, 0.05) is 18.0 Å². The number of allylic oxidation sites excluding steroid dienone is 2. The van der Waals surface area contributed by atoms with Crippen LogP contribution in [-0.4, -0.2) is 17.6 Å². The Labute approximate surface area is 131 Å². The van der Waals surface area contributed by atoms with Crippen LogP contribution >= 0.6 is 0 Å². The quantitative estimate of drug-likeness (QED) is 0.786. The summed E-state index contributed by atoms with van der Waals surface area (Å²) >= 11 is 0. The minimum Gasteiger partial charge on any atom is -0.466 e. The van der Waals surface area contributed by atoms with E-state index in [4.69, 9.17) is 4.74 Å². The molecule has 1 aromatic heterocycles. The molecule has 22 heavy (non-hydrogen) atoms. The summed E-state index contributed by atoms with van der Waals surface area (Å²) in [5, 5.41) is 1.21. The number of hydrogen-bond donors (Lipinski definition) is 0. The highest BCUT2D eigenvalue weighted by Gasteiger charge is 2.19. The summed E-state index contributed by atoms with van der Waals surface area (Å²) in [5.74, 6) is 0.342. The Morgan fingerprint density at radius 3 is 2.95 bits per heavy atom. The Balaban J connectivity index is 1.76. The van der Waals surface area contributed by atoms with Gasteiger partial charge in [-0.05, 0) is 55.4 Å². The molecule has 1 unspecified atom stereocenters. The second kappa shape index (κ2) is 6.73. The molecule has 0 saturated carbocycles. The number of benzene rings is 1. The summed E-state index contributed by atoms with van der Waals surface area (Å²) in [6.45, 7) is 2.32. The first-order chi connectivity index (χ1) is 10.8. The van der Waals surface area contributed by atoms with E-state index in [0.717, 1.165) is 24.8 Å². The summed E-state index contributed by atoms with van der Waals surface area (Å²) in [5.41, 5.74) is 3.69. The first-order valence-electron chi connectivity index (χ1n) is 7.96. The van der Waals surface area contributed by atoms with Crippen molar-refractivity contribution in [3.63, 3.8) is 0 Å². The van der Waals surface area contributed by atoms with Crippen molar-refractivity contribution in [1.29, 1.82) is 0 Å². The SMILES string of the molecule is CCOC(=O)CC1CC=C(c2ccnc3ccccc23)CC1. The summed E-state index contributed by atoms with van der Waals surface area (Å²) in [6.07, 6.45) is 7.71. The topological polar surface area (TPSA) is 39.2 Å². The molecule has 1 aromatic carbocycles. The molecule has 3 nitrogen and oxygen atoms in total. The first-order valence-corrected chi connectivity index (χ1v) is 7.96. The van der Waals surface area contributed by atoms with E-state index < -0.39 is 0 Å². The van der Waals surface area contributed by atoms with Gasteiger partial charge in [-0.25, -0.2) is 0 Å². The summed E-state index contributed by atoms with van der Waals surface area (Å²) < 4.78 is 5.05. The molecule has 0 spiro atoms. The van der Waals surface area contributed by atoms with Gasteiger partial charge in [-0.1, -0.05) is 24.3 Å². The predicted octanol–water partition coefficient (Wildman–Crippen LogP) is 4.37. The maximum atomic E-state index is 11.6. The van der Waals surface area contributed by atoms with Crippen molar-refractivity contribution >= 4 is 22.4 Å². The van der Waals surface area contributed by atoms with Gasteiger partial charge in [0.15, 0.2) is 0 Å². The molecule has 1 atom stereocenters. The monoisotopic (exact) mass is 295 g/mol. The van der Waals surface area contributed by atoms with Crippen LogP contribution in [0.15, 0.2) is 42.6 Å². The van der Waals surface area contributed by atoms with Gasteiger partial charge in [-0.3, -0.25) is 9.78 Å². The number of carbonyl (C=O) groups excluding carboxylic acids is 1. The van der Waals surface area contributed by atoms with E-state index in [-0.39, 0.29) is 5.97 Å². The number of aromatic nitrogens is 1. The molecule has 0 saturated heterocycles. The third kappa shape index (κ3) is 3.19. The van der Waals surface area contributed by atoms with Crippen LogP contribution in [0.4, 0.5) is 0 Å². The Morgan fingerprint density at radius 1 is 1.32 bits per heavy atom. The number of hydrogen-bond acceptors (Lipinski definition) is 3. The van der Waals surface area contributed by atoms with Crippen LogP contribution in [0.3, 0.4) is 0 Å². The van der Waals surface area contributed by atoms with Crippen molar-refractivity contribution < 1.29 is 9.53 Å². The van der Waals surface area contributed by atoms with Crippen molar-refractivity contribution in [3.05, 3.63) is 48.2 Å². The second-order valence-electron chi connectivity index (χ2n) is 5.75. The number of rotatable bonds is 4. The van der Waals surface area contributed by atoms with Crippen molar-refractivity contribution in [2.24, 2.45) is 5.92 Å². The van der Waals surface area contributed by atoms with Crippen LogP contribution in [0.2, 0.25) is 0 Å². The van der Waals surface area contributed by atoms with E-state index in [2.05, 4.69) is 29.3 Å². The minimum atomic E-state index is -0.0706. The van der Waals surface area contributed by atoms with Crippen molar-refractivity contribution in [2.75, 3.05) is 6.61 Å². The van der Waals surface area contributed by atoms with E-state index in [1.54, 1.807) is 0 Å². The summed E-state index contributed by atoms with van der Waals surface area (Å²) in [4.78, 5) is 16.0. The largest absolute Gasteiger partial charge is 0.466 e. The number of ether oxygens (including phenoxy) is 1. The highest BCUT2D eigenvalue weighted by Crippen LogP contribution is 2.34. The summed E-state index contributed by atoms with van der Waals surface area (Å²) in [6, 6.07) is 10.3. The fourth-order valence-corrected chi connectivity index (χ4v) is 3.15. The molecule has 0 radical (unpaired) electrons. The molecular formula is C19H21NO2. The molecule has 3 heteroatoms. The minimum absolute atomic E-state index is 0.0706. The molecule has 0 bridgehead atoms. The van der Waals surface area contributed by atoms with Gasteiger partial charge in [0.2, 0.25) is 0 Å². The lowest BCUT2D eigenvalue weighted by Gasteiger charge is -2.22. The van der Waals surface area contributed by atoms with Crippen molar-refractivity contribution in [3.8, 4) is 0 Å². The van der Waals surface area contributed by atoms with E-state index in [9.17, 15) is 4.79 Å². The van der Waals surface area contributed by atoms with E-state index >= 15 is 0 Å². The van der Waals surface area contributed by atoms with Crippen LogP contribution in [0.25, 0.3) is 16.5 Å². The van der Waals surface area contributed by atoms with Crippen LogP contribution in [-0.2, 0) is 9.53 Å². The van der Waals surface area contributed by atoms with E-state index in [0.29, 0.717) is 18.9 Å². The second-order valence-corrected chi connectivity index (χ2v) is 5.75. The number of fused-ring (bicyclic) bond motifs is 1. The molecule has 1 aliphatic carbocycles. The normalized spacial score (nSPS) is 18.0. The van der Waals surface area contributed by atoms with Crippen molar-refractivity contribution in [1.82, 2.24) is 4.98 Å². The van der Waals surface area contributed by atoms with Crippen LogP contribution in [0, 0.1) is 5.92 Å². The van der Waals surface area contributed by atoms with E-state index in [1.165, 1.54) is 16.5 Å². The molecular weight excluding hydrogens is 274 g/mol. The number of esters is 1. The Hall–Kier alpha value is -2.16. The standard InChI is InChI=1S/C19H21NO2/c1-2-22-19(21)13-14-7-9-15(10-8-14)16-11-12-20-18-6-4-3-5-17(16)18/h3-6,9,11-12,14H,2,7-8,10,13H2,1H3. The molecule has 0 amide bonds. The summed E-state index contributed by atoms with van der Waals surface area (Å²) in [7, 11) is 0. The molecule has 1 heterocycles. The highest BCUT2D eigenvalue weighted by molar-refractivity contribution is 5.91. The lowest BCUT2D eigenvalue weighted by Crippen LogP contribution is -2.13. The van der Waals surface area contributed by atoms with Gasteiger partial charge < -0.3 is 4.74 Å². The predicted molar refractivity (Wildman–Crippen MR) is 88.3 cm³/mol. The third-order valence-corrected chi connectivity index (χ3v) is 4.28. The van der Waals surface area contributed by atoms with Crippen LogP contribution in [0.5, 0.6) is 0 Å². The van der Waals surface area contributed by atoms with Gasteiger partial charge in [0.25, 0.3) is 0 Å². The first kappa shape index (κ1) is 14.8. The molecule has 0 aliphatic heterocycles. The zero-order chi connectivity index (χ0) is 15.4. The lowest BCUT2D eigenvalue weighted by molar-refractivity contribution is -0.144. The maximum Gasteiger partial charge on any atom is 0.306 e.